The Balaban J connectivity index is 0.00000192. The number of benzene rings is 1. The molecular weight excluding hydrogens is 316 g/mol. The van der Waals surface area contributed by atoms with Gasteiger partial charge in [0.15, 0.2) is 0 Å². The molecule has 1 saturated heterocycles. The topological polar surface area (TPSA) is 68.7 Å². The van der Waals surface area contributed by atoms with Crippen molar-refractivity contribution >= 4 is 18.4 Å². The van der Waals surface area contributed by atoms with Gasteiger partial charge in [-0.25, -0.2) is 4.79 Å². The number of furan rings is 1. The Hall–Kier alpha value is -1.82. The fraction of sp³-hybridized carbons (Fsp3) is 0.353. The maximum absolute atomic E-state index is 11.4. The first-order valence-corrected chi connectivity index (χ1v) is 7.37. The van der Waals surface area contributed by atoms with Gasteiger partial charge in [0.25, 0.3) is 0 Å². The second-order valence-electron chi connectivity index (χ2n) is 5.63. The van der Waals surface area contributed by atoms with Gasteiger partial charge in [0.2, 0.25) is 5.76 Å². The predicted molar refractivity (Wildman–Crippen MR) is 89.7 cm³/mol. The molecule has 0 amide bonds. The van der Waals surface area contributed by atoms with Crippen molar-refractivity contribution in [3.05, 3.63) is 59.5 Å². The van der Waals surface area contributed by atoms with Crippen LogP contribution < -0.4 is 5.73 Å². The SMILES string of the molecule is COC(=O)c1ccc(CN2C[C@@H](N)[C@H](c3ccccc3)C2)o1.Cl. The Morgan fingerprint density at radius 2 is 2.00 bits per heavy atom. The zero-order chi connectivity index (χ0) is 15.5. The number of carbonyl (C=O) groups excluding carboxylic acids is 1. The highest BCUT2D eigenvalue weighted by Gasteiger charge is 2.31. The number of carbonyl (C=O) groups is 1. The number of methoxy groups -OCH3 is 1. The first-order chi connectivity index (χ1) is 10.7. The fourth-order valence-corrected chi connectivity index (χ4v) is 2.99. The van der Waals surface area contributed by atoms with Crippen molar-refractivity contribution in [2.24, 2.45) is 5.73 Å². The average molecular weight is 337 g/mol. The van der Waals surface area contributed by atoms with Crippen LogP contribution in [0.5, 0.6) is 0 Å². The summed E-state index contributed by atoms with van der Waals surface area (Å²) in [7, 11) is 1.34. The smallest absolute Gasteiger partial charge is 0.373 e. The van der Waals surface area contributed by atoms with Gasteiger partial charge >= 0.3 is 5.97 Å². The highest BCUT2D eigenvalue weighted by molar-refractivity contribution is 5.86. The van der Waals surface area contributed by atoms with Crippen molar-refractivity contribution in [1.29, 1.82) is 0 Å². The van der Waals surface area contributed by atoms with Gasteiger partial charge in [0.1, 0.15) is 5.76 Å². The Kier molecular flexibility index (Phi) is 5.82. The number of likely N-dealkylation sites (tertiary alicyclic amines) is 1. The van der Waals surface area contributed by atoms with E-state index in [1.54, 1.807) is 6.07 Å². The van der Waals surface area contributed by atoms with Crippen molar-refractivity contribution in [1.82, 2.24) is 4.90 Å². The molecule has 1 aromatic carbocycles. The molecule has 5 nitrogen and oxygen atoms in total. The molecule has 0 spiro atoms. The minimum Gasteiger partial charge on any atom is -0.463 e. The Labute approximate surface area is 141 Å². The van der Waals surface area contributed by atoms with Crippen LogP contribution in [0.4, 0.5) is 0 Å². The lowest BCUT2D eigenvalue weighted by molar-refractivity contribution is 0.0561. The van der Waals surface area contributed by atoms with Crippen LogP contribution in [0.25, 0.3) is 0 Å². The minimum absolute atomic E-state index is 0. The van der Waals surface area contributed by atoms with E-state index in [1.165, 1.54) is 12.7 Å². The molecule has 1 aliphatic rings. The van der Waals surface area contributed by atoms with Crippen LogP contribution in [-0.2, 0) is 11.3 Å². The van der Waals surface area contributed by atoms with Crippen molar-refractivity contribution in [3.8, 4) is 0 Å². The number of esters is 1. The molecule has 1 aliphatic heterocycles. The van der Waals surface area contributed by atoms with E-state index in [1.807, 2.05) is 24.3 Å². The number of hydrogen-bond donors (Lipinski definition) is 1. The van der Waals surface area contributed by atoms with Gasteiger partial charge < -0.3 is 14.9 Å². The number of halogens is 1. The molecule has 2 N–H and O–H groups in total. The third-order valence-electron chi connectivity index (χ3n) is 4.10. The molecular formula is C17H21ClN2O3. The van der Waals surface area contributed by atoms with Crippen LogP contribution in [0.3, 0.4) is 0 Å². The number of ether oxygens (including phenoxy) is 1. The van der Waals surface area contributed by atoms with E-state index in [9.17, 15) is 4.79 Å². The molecule has 0 aliphatic carbocycles. The fourth-order valence-electron chi connectivity index (χ4n) is 2.99. The number of rotatable bonds is 4. The summed E-state index contributed by atoms with van der Waals surface area (Å²) in [5, 5.41) is 0. The zero-order valence-corrected chi connectivity index (χ0v) is 13.8. The van der Waals surface area contributed by atoms with Gasteiger partial charge in [0.05, 0.1) is 13.7 Å². The molecule has 3 rings (SSSR count). The second kappa shape index (κ2) is 7.64. The van der Waals surface area contributed by atoms with Crippen LogP contribution in [0.2, 0.25) is 0 Å². The van der Waals surface area contributed by atoms with E-state index >= 15 is 0 Å². The quantitative estimate of drug-likeness (QED) is 0.868. The van der Waals surface area contributed by atoms with Crippen LogP contribution in [-0.4, -0.2) is 37.1 Å². The van der Waals surface area contributed by atoms with Crippen molar-refractivity contribution in [2.45, 2.75) is 18.5 Å². The lowest BCUT2D eigenvalue weighted by Gasteiger charge is -2.15. The Morgan fingerprint density at radius 3 is 2.70 bits per heavy atom. The van der Waals surface area contributed by atoms with Crippen molar-refractivity contribution < 1.29 is 13.9 Å². The third kappa shape index (κ3) is 3.93. The van der Waals surface area contributed by atoms with Crippen LogP contribution in [0.1, 0.15) is 27.8 Å². The maximum atomic E-state index is 11.4. The number of nitrogens with zero attached hydrogens (tertiary/aromatic N) is 1. The van der Waals surface area contributed by atoms with Crippen LogP contribution in [0.15, 0.2) is 46.9 Å². The van der Waals surface area contributed by atoms with E-state index in [4.69, 9.17) is 10.2 Å². The molecule has 1 aromatic heterocycles. The summed E-state index contributed by atoms with van der Waals surface area (Å²) in [6.45, 7) is 2.35. The predicted octanol–water partition coefficient (Wildman–Crippen LogP) is 2.41. The van der Waals surface area contributed by atoms with Crippen molar-refractivity contribution in [3.63, 3.8) is 0 Å². The van der Waals surface area contributed by atoms with E-state index in [0.29, 0.717) is 12.5 Å². The van der Waals surface area contributed by atoms with Gasteiger partial charge in [-0.1, -0.05) is 30.3 Å². The van der Waals surface area contributed by atoms with Gasteiger partial charge in [0, 0.05) is 25.0 Å². The molecule has 2 heterocycles. The molecule has 0 unspecified atom stereocenters. The molecule has 23 heavy (non-hydrogen) atoms. The molecule has 124 valence electrons. The van der Waals surface area contributed by atoms with Crippen LogP contribution in [0, 0.1) is 0 Å². The molecule has 0 radical (unpaired) electrons. The minimum atomic E-state index is -0.452. The molecule has 0 bridgehead atoms. The number of hydrogen-bond acceptors (Lipinski definition) is 5. The monoisotopic (exact) mass is 336 g/mol. The van der Waals surface area contributed by atoms with Gasteiger partial charge in [-0.15, -0.1) is 12.4 Å². The lowest BCUT2D eigenvalue weighted by Crippen LogP contribution is -2.28. The first-order valence-electron chi connectivity index (χ1n) is 7.37. The average Bonchev–Trinajstić information content (AvgIpc) is 3.14. The summed E-state index contributed by atoms with van der Waals surface area (Å²) in [5.41, 5.74) is 7.55. The summed E-state index contributed by atoms with van der Waals surface area (Å²) in [6, 6.07) is 13.9. The Morgan fingerprint density at radius 1 is 1.26 bits per heavy atom. The van der Waals surface area contributed by atoms with E-state index in [0.717, 1.165) is 18.8 Å². The standard InChI is InChI=1S/C17H20N2O3.ClH/c1-21-17(20)16-8-7-13(22-16)9-19-10-14(15(18)11-19)12-5-3-2-4-6-12;/h2-8,14-15H,9-11,18H2,1H3;1H/t14-,15+;/m0./s1. The molecule has 2 aromatic rings. The normalized spacial score (nSPS) is 21.0. The molecule has 2 atom stereocenters. The molecule has 1 fully saturated rings. The second-order valence-corrected chi connectivity index (χ2v) is 5.63. The largest absolute Gasteiger partial charge is 0.463 e. The highest BCUT2D eigenvalue weighted by Crippen LogP contribution is 2.27. The van der Waals surface area contributed by atoms with Gasteiger partial charge in [-0.05, 0) is 17.7 Å². The third-order valence-corrected chi connectivity index (χ3v) is 4.10. The lowest BCUT2D eigenvalue weighted by atomic mass is 9.95. The zero-order valence-electron chi connectivity index (χ0n) is 13.0. The summed E-state index contributed by atoms with van der Waals surface area (Å²) in [4.78, 5) is 13.7. The van der Waals surface area contributed by atoms with Gasteiger partial charge in [-0.3, -0.25) is 4.90 Å². The van der Waals surface area contributed by atoms with E-state index < -0.39 is 5.97 Å². The van der Waals surface area contributed by atoms with Crippen molar-refractivity contribution in [2.75, 3.05) is 20.2 Å². The summed E-state index contributed by atoms with van der Waals surface area (Å²) >= 11 is 0. The number of nitrogens with two attached hydrogens (primary N) is 1. The van der Waals surface area contributed by atoms with Gasteiger partial charge in [-0.2, -0.15) is 0 Å². The summed E-state index contributed by atoms with van der Waals surface area (Å²) < 4.78 is 10.2. The summed E-state index contributed by atoms with van der Waals surface area (Å²) in [5.74, 6) is 0.865. The van der Waals surface area contributed by atoms with Crippen LogP contribution >= 0.6 is 12.4 Å². The molecule has 0 saturated carbocycles. The summed E-state index contributed by atoms with van der Waals surface area (Å²) in [6.07, 6.45) is 0. The first kappa shape index (κ1) is 17.5. The molecule has 6 heteroatoms. The maximum Gasteiger partial charge on any atom is 0.373 e. The van der Waals surface area contributed by atoms with E-state index in [2.05, 4.69) is 21.8 Å². The highest BCUT2D eigenvalue weighted by atomic mass is 35.5. The van der Waals surface area contributed by atoms with E-state index in [-0.39, 0.29) is 24.2 Å². The Bertz CT molecular complexity index is 644.